The van der Waals surface area contributed by atoms with Crippen molar-refractivity contribution in [3.05, 3.63) is 77.9 Å². The lowest BCUT2D eigenvalue weighted by molar-refractivity contribution is 0.140. The number of carbonyl (C=O) groups excluding carboxylic acids is 1. The van der Waals surface area contributed by atoms with Gasteiger partial charge in [-0.15, -0.1) is 0 Å². The first kappa shape index (κ1) is 17.4. The zero-order valence-electron chi connectivity index (χ0n) is 14.4. The Kier molecular flexibility index (Phi) is 5.74. The number of nitrogens with two attached hydrogens (primary N) is 1. The number of anilines is 1. The van der Waals surface area contributed by atoms with E-state index in [4.69, 9.17) is 10.5 Å². The average molecular weight is 344 g/mol. The molecule has 0 saturated carbocycles. The highest BCUT2D eigenvalue weighted by Gasteiger charge is 2.00. The molecule has 130 valence electrons. The fraction of sp³-hybridized carbons (Fsp3) is 0.136. The minimum Gasteiger partial charge on any atom is -0.445 e. The number of hydrogen-bond acceptors (Lipinski definition) is 3. The van der Waals surface area contributed by atoms with Crippen molar-refractivity contribution in [3.63, 3.8) is 0 Å². The summed E-state index contributed by atoms with van der Waals surface area (Å²) < 4.78 is 5.14. The topological polar surface area (TPSA) is 64.3 Å². The van der Waals surface area contributed by atoms with Gasteiger partial charge in [0.2, 0.25) is 0 Å². The molecule has 3 N–H and O–H groups in total. The number of alkyl carbamates (subject to hydrolysis) is 1. The SMILES string of the molecule is Nc1ccc2cc(C#CCCNC(=O)OCc3ccccc3)ccc2c1. The third-order valence-electron chi connectivity index (χ3n) is 3.83. The van der Waals surface area contributed by atoms with E-state index in [1.165, 1.54) is 0 Å². The van der Waals surface area contributed by atoms with Crippen LogP contribution >= 0.6 is 0 Å². The first-order valence-corrected chi connectivity index (χ1v) is 8.43. The van der Waals surface area contributed by atoms with Gasteiger partial charge >= 0.3 is 6.09 Å². The summed E-state index contributed by atoms with van der Waals surface area (Å²) in [6.45, 7) is 0.713. The number of nitrogens with one attached hydrogen (secondary N) is 1. The van der Waals surface area contributed by atoms with E-state index in [2.05, 4.69) is 17.2 Å². The Balaban J connectivity index is 1.44. The van der Waals surface area contributed by atoms with Crippen molar-refractivity contribution >= 4 is 22.6 Å². The molecule has 0 radical (unpaired) electrons. The van der Waals surface area contributed by atoms with Crippen LogP contribution in [0.15, 0.2) is 66.7 Å². The van der Waals surface area contributed by atoms with E-state index in [-0.39, 0.29) is 6.61 Å². The molecule has 0 aromatic heterocycles. The van der Waals surface area contributed by atoms with E-state index in [9.17, 15) is 4.79 Å². The molecule has 0 unspecified atom stereocenters. The molecule has 3 aromatic rings. The highest BCUT2D eigenvalue weighted by molar-refractivity contribution is 5.86. The maximum absolute atomic E-state index is 11.6. The predicted molar refractivity (Wildman–Crippen MR) is 104 cm³/mol. The van der Waals surface area contributed by atoms with Gasteiger partial charge in [0.15, 0.2) is 0 Å². The fourth-order valence-electron chi connectivity index (χ4n) is 2.51. The Morgan fingerprint density at radius 3 is 2.62 bits per heavy atom. The van der Waals surface area contributed by atoms with Crippen LogP contribution in [-0.2, 0) is 11.3 Å². The molecule has 1 amide bonds. The molecule has 4 nitrogen and oxygen atoms in total. The quantitative estimate of drug-likeness (QED) is 0.426. The fourth-order valence-corrected chi connectivity index (χ4v) is 2.51. The number of fused-ring (bicyclic) bond motifs is 1. The lowest BCUT2D eigenvalue weighted by Crippen LogP contribution is -2.24. The van der Waals surface area contributed by atoms with Gasteiger partial charge in [-0.2, -0.15) is 0 Å². The monoisotopic (exact) mass is 344 g/mol. The first-order valence-electron chi connectivity index (χ1n) is 8.43. The van der Waals surface area contributed by atoms with E-state index >= 15 is 0 Å². The van der Waals surface area contributed by atoms with E-state index in [0.29, 0.717) is 13.0 Å². The minimum atomic E-state index is -0.432. The summed E-state index contributed by atoms with van der Waals surface area (Å²) in [5.74, 6) is 6.17. The molecule has 3 rings (SSSR count). The van der Waals surface area contributed by atoms with Crippen molar-refractivity contribution in [2.45, 2.75) is 13.0 Å². The second-order valence-electron chi connectivity index (χ2n) is 5.86. The lowest BCUT2D eigenvalue weighted by atomic mass is 10.1. The Morgan fingerprint density at radius 2 is 1.77 bits per heavy atom. The Morgan fingerprint density at radius 1 is 1.00 bits per heavy atom. The molecule has 0 aliphatic carbocycles. The molecule has 0 aliphatic rings. The van der Waals surface area contributed by atoms with Crippen LogP contribution in [0.25, 0.3) is 10.8 Å². The summed E-state index contributed by atoms with van der Waals surface area (Å²) in [6, 6.07) is 21.4. The molecule has 0 atom stereocenters. The summed E-state index contributed by atoms with van der Waals surface area (Å²) in [4.78, 5) is 11.6. The van der Waals surface area contributed by atoms with Crippen molar-refractivity contribution in [2.24, 2.45) is 0 Å². The van der Waals surface area contributed by atoms with Gasteiger partial charge < -0.3 is 15.8 Å². The second kappa shape index (κ2) is 8.59. The van der Waals surface area contributed by atoms with Crippen molar-refractivity contribution in [3.8, 4) is 11.8 Å². The van der Waals surface area contributed by atoms with Crippen LogP contribution in [0.1, 0.15) is 17.5 Å². The van der Waals surface area contributed by atoms with Crippen LogP contribution in [-0.4, -0.2) is 12.6 Å². The third-order valence-corrected chi connectivity index (χ3v) is 3.83. The largest absolute Gasteiger partial charge is 0.445 e. The Labute approximate surface area is 153 Å². The predicted octanol–water partition coefficient (Wildman–Crippen LogP) is 4.09. The number of nitrogen functional groups attached to an aromatic ring is 1. The van der Waals surface area contributed by atoms with E-state index in [1.54, 1.807) is 0 Å². The number of rotatable bonds is 4. The van der Waals surface area contributed by atoms with Gasteiger partial charge in [0.25, 0.3) is 0 Å². The van der Waals surface area contributed by atoms with Gasteiger partial charge in [0.05, 0.1) is 0 Å². The molecular weight excluding hydrogens is 324 g/mol. The molecule has 4 heteroatoms. The second-order valence-corrected chi connectivity index (χ2v) is 5.86. The van der Waals surface area contributed by atoms with Crippen molar-refractivity contribution in [1.82, 2.24) is 5.32 Å². The molecule has 0 fully saturated rings. The maximum Gasteiger partial charge on any atom is 0.407 e. The number of ether oxygens (including phenoxy) is 1. The van der Waals surface area contributed by atoms with Gasteiger partial charge in [0, 0.05) is 24.2 Å². The van der Waals surface area contributed by atoms with E-state index < -0.39 is 6.09 Å². The summed E-state index contributed by atoms with van der Waals surface area (Å²) in [7, 11) is 0. The summed E-state index contributed by atoms with van der Waals surface area (Å²) in [5, 5.41) is 4.90. The zero-order valence-corrected chi connectivity index (χ0v) is 14.4. The molecule has 26 heavy (non-hydrogen) atoms. The van der Waals surface area contributed by atoms with Crippen LogP contribution in [0.4, 0.5) is 10.5 Å². The maximum atomic E-state index is 11.6. The number of hydrogen-bond donors (Lipinski definition) is 2. The van der Waals surface area contributed by atoms with Crippen LogP contribution < -0.4 is 11.1 Å². The molecule has 0 saturated heterocycles. The Bertz CT molecular complexity index is 956. The number of carbonyl (C=O) groups is 1. The van der Waals surface area contributed by atoms with Crippen LogP contribution in [0.3, 0.4) is 0 Å². The van der Waals surface area contributed by atoms with E-state index in [1.807, 2.05) is 66.7 Å². The van der Waals surface area contributed by atoms with Gasteiger partial charge in [-0.25, -0.2) is 4.79 Å². The van der Waals surface area contributed by atoms with Gasteiger partial charge in [0.1, 0.15) is 6.61 Å². The molecule has 0 heterocycles. The molecular formula is C22H20N2O2. The average Bonchev–Trinajstić information content (AvgIpc) is 2.67. The first-order chi connectivity index (χ1) is 12.7. The van der Waals surface area contributed by atoms with E-state index in [0.717, 1.165) is 27.6 Å². The van der Waals surface area contributed by atoms with Crippen LogP contribution in [0.5, 0.6) is 0 Å². The zero-order chi connectivity index (χ0) is 18.2. The van der Waals surface area contributed by atoms with Gasteiger partial charge in [-0.05, 0) is 40.6 Å². The normalized spacial score (nSPS) is 10.0. The molecule has 3 aromatic carbocycles. The van der Waals surface area contributed by atoms with Crippen LogP contribution in [0, 0.1) is 11.8 Å². The van der Waals surface area contributed by atoms with Gasteiger partial charge in [-0.1, -0.05) is 54.3 Å². The summed E-state index contributed by atoms with van der Waals surface area (Å²) >= 11 is 0. The Hall–Kier alpha value is -3.45. The highest BCUT2D eigenvalue weighted by atomic mass is 16.5. The molecule has 0 spiro atoms. The number of benzene rings is 3. The van der Waals surface area contributed by atoms with Crippen molar-refractivity contribution in [1.29, 1.82) is 0 Å². The summed E-state index contributed by atoms with van der Waals surface area (Å²) in [6.07, 6.45) is 0.124. The standard InChI is InChI=1S/C22H20N2O2/c23-21-12-11-19-14-17(9-10-20(19)15-21)6-4-5-13-24-22(25)26-16-18-7-2-1-3-8-18/h1-3,7-12,14-15H,5,13,16,23H2,(H,24,25). The van der Waals surface area contributed by atoms with Crippen LogP contribution in [0.2, 0.25) is 0 Å². The smallest absolute Gasteiger partial charge is 0.407 e. The summed E-state index contributed by atoms with van der Waals surface area (Å²) in [5.41, 5.74) is 8.43. The minimum absolute atomic E-state index is 0.264. The van der Waals surface area contributed by atoms with Crippen molar-refractivity contribution < 1.29 is 9.53 Å². The highest BCUT2D eigenvalue weighted by Crippen LogP contribution is 2.18. The number of amides is 1. The lowest BCUT2D eigenvalue weighted by Gasteiger charge is -2.05. The molecule has 0 aliphatic heterocycles. The van der Waals surface area contributed by atoms with Crippen molar-refractivity contribution in [2.75, 3.05) is 12.3 Å². The molecule has 0 bridgehead atoms. The third kappa shape index (κ3) is 5.02. The van der Waals surface area contributed by atoms with Gasteiger partial charge in [-0.3, -0.25) is 0 Å².